The molecular weight excluding hydrogens is 286 g/mol. The Kier molecular flexibility index (Phi) is 7.05. The van der Waals surface area contributed by atoms with Crippen molar-refractivity contribution in [2.45, 2.75) is 45.1 Å². The van der Waals surface area contributed by atoms with Crippen LogP contribution in [0, 0.1) is 6.92 Å². The van der Waals surface area contributed by atoms with E-state index in [1.165, 1.54) is 11.1 Å². The van der Waals surface area contributed by atoms with E-state index in [4.69, 9.17) is 4.74 Å². The highest BCUT2D eigenvalue weighted by atomic mass is 32.2. The van der Waals surface area contributed by atoms with Gasteiger partial charge in [-0.15, -0.1) is 0 Å². The van der Waals surface area contributed by atoms with E-state index in [-0.39, 0.29) is 12.6 Å². The van der Waals surface area contributed by atoms with Crippen LogP contribution in [-0.2, 0) is 10.5 Å². The van der Waals surface area contributed by atoms with Crippen molar-refractivity contribution in [3.63, 3.8) is 0 Å². The number of hydrogen-bond acceptors (Lipinski definition) is 4. The number of alkyl carbamates (subject to hydrolysis) is 1. The average molecular weight is 311 g/mol. The summed E-state index contributed by atoms with van der Waals surface area (Å²) in [6.07, 6.45) is -0.488. The summed E-state index contributed by atoms with van der Waals surface area (Å²) in [7, 11) is 0. The molecule has 0 aliphatic heterocycles. The number of thioether (sulfide) groups is 1. The summed E-state index contributed by atoms with van der Waals surface area (Å²) in [4.78, 5) is 11.6. The van der Waals surface area contributed by atoms with E-state index in [0.717, 1.165) is 5.75 Å². The van der Waals surface area contributed by atoms with Gasteiger partial charge in [0.05, 0.1) is 12.6 Å². The van der Waals surface area contributed by atoms with E-state index in [1.807, 2.05) is 20.8 Å². The number of amides is 1. The van der Waals surface area contributed by atoms with Crippen molar-refractivity contribution in [2.24, 2.45) is 0 Å². The minimum atomic E-state index is -0.529. The molecule has 0 saturated heterocycles. The Morgan fingerprint density at radius 2 is 1.95 bits per heavy atom. The summed E-state index contributed by atoms with van der Waals surface area (Å²) in [5.41, 5.74) is 1.95. The van der Waals surface area contributed by atoms with Gasteiger partial charge >= 0.3 is 6.09 Å². The summed E-state index contributed by atoms with van der Waals surface area (Å²) in [5, 5.41) is 12.0. The predicted molar refractivity (Wildman–Crippen MR) is 87.6 cm³/mol. The SMILES string of the molecule is Cc1ccc(CSC[C@H](CO)NC(=O)OC(C)(C)C)cc1. The lowest BCUT2D eigenvalue weighted by molar-refractivity contribution is 0.0491. The average Bonchev–Trinajstić information content (AvgIpc) is 2.37. The highest BCUT2D eigenvalue weighted by molar-refractivity contribution is 7.98. The molecule has 0 aliphatic carbocycles. The molecule has 0 aromatic heterocycles. The minimum absolute atomic E-state index is 0.0971. The molecule has 0 radical (unpaired) electrons. The molecule has 0 heterocycles. The van der Waals surface area contributed by atoms with Gasteiger partial charge in [-0.2, -0.15) is 11.8 Å². The van der Waals surface area contributed by atoms with Gasteiger partial charge in [-0.1, -0.05) is 29.8 Å². The number of carbonyl (C=O) groups excluding carboxylic acids is 1. The molecule has 0 unspecified atom stereocenters. The molecule has 0 aliphatic rings. The number of benzene rings is 1. The second-order valence-corrected chi connectivity index (χ2v) is 7.06. The lowest BCUT2D eigenvalue weighted by atomic mass is 10.2. The zero-order valence-electron chi connectivity index (χ0n) is 13.2. The van der Waals surface area contributed by atoms with Crippen LogP contribution >= 0.6 is 11.8 Å². The van der Waals surface area contributed by atoms with Crippen LogP contribution < -0.4 is 5.32 Å². The molecule has 21 heavy (non-hydrogen) atoms. The molecule has 0 spiro atoms. The third-order valence-corrected chi connectivity index (χ3v) is 3.83. The van der Waals surface area contributed by atoms with Crippen LogP contribution in [0.4, 0.5) is 4.79 Å². The molecule has 1 rings (SSSR count). The van der Waals surface area contributed by atoms with Gasteiger partial charge < -0.3 is 15.2 Å². The number of hydrogen-bond donors (Lipinski definition) is 2. The first-order chi connectivity index (χ1) is 9.80. The minimum Gasteiger partial charge on any atom is -0.444 e. The number of carbonyl (C=O) groups is 1. The van der Waals surface area contributed by atoms with E-state index >= 15 is 0 Å². The molecule has 4 nitrogen and oxygen atoms in total. The number of aliphatic hydroxyl groups excluding tert-OH is 1. The maximum absolute atomic E-state index is 11.6. The van der Waals surface area contributed by atoms with Gasteiger partial charge in [0.15, 0.2) is 0 Å². The Morgan fingerprint density at radius 1 is 1.33 bits per heavy atom. The fourth-order valence-corrected chi connectivity index (χ4v) is 2.64. The van der Waals surface area contributed by atoms with Crippen LogP contribution in [0.1, 0.15) is 31.9 Å². The Labute approximate surface area is 131 Å². The molecule has 0 bridgehead atoms. The van der Waals surface area contributed by atoms with Gasteiger partial charge in [-0.25, -0.2) is 4.79 Å². The number of rotatable bonds is 6. The van der Waals surface area contributed by atoms with Crippen molar-refractivity contribution < 1.29 is 14.6 Å². The van der Waals surface area contributed by atoms with E-state index in [9.17, 15) is 9.90 Å². The Balaban J connectivity index is 2.34. The van der Waals surface area contributed by atoms with E-state index in [0.29, 0.717) is 5.75 Å². The molecule has 1 aromatic rings. The smallest absolute Gasteiger partial charge is 0.407 e. The maximum Gasteiger partial charge on any atom is 0.407 e. The molecule has 1 amide bonds. The summed E-state index contributed by atoms with van der Waals surface area (Å²) in [5.74, 6) is 1.50. The molecule has 1 atom stereocenters. The fraction of sp³-hybridized carbons (Fsp3) is 0.562. The molecule has 0 fully saturated rings. The first-order valence-electron chi connectivity index (χ1n) is 7.04. The zero-order valence-corrected chi connectivity index (χ0v) is 14.0. The van der Waals surface area contributed by atoms with E-state index < -0.39 is 11.7 Å². The Hall–Kier alpha value is -1.20. The summed E-state index contributed by atoms with van der Waals surface area (Å²) >= 11 is 1.67. The summed E-state index contributed by atoms with van der Waals surface area (Å²) in [6.45, 7) is 7.40. The largest absolute Gasteiger partial charge is 0.444 e. The van der Waals surface area contributed by atoms with E-state index in [1.54, 1.807) is 11.8 Å². The lowest BCUT2D eigenvalue weighted by Crippen LogP contribution is -2.42. The topological polar surface area (TPSA) is 58.6 Å². The molecular formula is C16H25NO3S. The third-order valence-electron chi connectivity index (χ3n) is 2.65. The van der Waals surface area contributed by atoms with Crippen molar-refractivity contribution in [3.8, 4) is 0 Å². The van der Waals surface area contributed by atoms with Crippen LogP contribution in [0.5, 0.6) is 0 Å². The monoisotopic (exact) mass is 311 g/mol. The van der Waals surface area contributed by atoms with Crippen LogP contribution in [0.15, 0.2) is 24.3 Å². The van der Waals surface area contributed by atoms with Crippen molar-refractivity contribution in [2.75, 3.05) is 12.4 Å². The Morgan fingerprint density at radius 3 is 2.48 bits per heavy atom. The highest BCUT2D eigenvalue weighted by Crippen LogP contribution is 2.14. The second-order valence-electron chi connectivity index (χ2n) is 6.03. The van der Waals surface area contributed by atoms with Crippen molar-refractivity contribution in [1.29, 1.82) is 0 Å². The number of aryl methyl sites for hydroxylation is 1. The predicted octanol–water partition coefficient (Wildman–Crippen LogP) is 3.11. The third kappa shape index (κ3) is 7.97. The molecule has 0 saturated carbocycles. The van der Waals surface area contributed by atoms with Gasteiger partial charge in [0.2, 0.25) is 0 Å². The molecule has 5 heteroatoms. The normalized spacial score (nSPS) is 12.8. The fourth-order valence-electron chi connectivity index (χ4n) is 1.62. The van der Waals surface area contributed by atoms with Gasteiger partial charge in [0, 0.05) is 11.5 Å². The van der Waals surface area contributed by atoms with E-state index in [2.05, 4.69) is 36.5 Å². The highest BCUT2D eigenvalue weighted by Gasteiger charge is 2.19. The van der Waals surface area contributed by atoms with Crippen LogP contribution in [0.2, 0.25) is 0 Å². The number of aliphatic hydroxyl groups is 1. The maximum atomic E-state index is 11.6. The lowest BCUT2D eigenvalue weighted by Gasteiger charge is -2.22. The van der Waals surface area contributed by atoms with Gasteiger partial charge in [-0.3, -0.25) is 0 Å². The first kappa shape index (κ1) is 17.9. The van der Waals surface area contributed by atoms with Gasteiger partial charge in [-0.05, 0) is 33.3 Å². The standard InChI is InChI=1S/C16H25NO3S/c1-12-5-7-13(8-6-12)10-21-11-14(9-18)17-15(19)20-16(2,3)4/h5-8,14,18H,9-11H2,1-4H3,(H,17,19)/t14-/m0/s1. The molecule has 2 N–H and O–H groups in total. The van der Waals surface area contributed by atoms with Crippen molar-refractivity contribution in [3.05, 3.63) is 35.4 Å². The second kappa shape index (κ2) is 8.29. The number of nitrogens with one attached hydrogen (secondary N) is 1. The summed E-state index contributed by atoms with van der Waals surface area (Å²) < 4.78 is 5.18. The molecule has 118 valence electrons. The summed E-state index contributed by atoms with van der Waals surface area (Å²) in [6, 6.07) is 8.06. The zero-order chi connectivity index (χ0) is 15.9. The number of ether oxygens (including phenoxy) is 1. The van der Waals surface area contributed by atoms with Crippen LogP contribution in [-0.4, -0.2) is 35.2 Å². The van der Waals surface area contributed by atoms with Crippen molar-refractivity contribution >= 4 is 17.9 Å². The van der Waals surface area contributed by atoms with Gasteiger partial charge in [0.1, 0.15) is 5.60 Å². The van der Waals surface area contributed by atoms with Crippen LogP contribution in [0.3, 0.4) is 0 Å². The van der Waals surface area contributed by atoms with Crippen LogP contribution in [0.25, 0.3) is 0 Å². The van der Waals surface area contributed by atoms with Crippen molar-refractivity contribution in [1.82, 2.24) is 5.32 Å². The first-order valence-corrected chi connectivity index (χ1v) is 8.19. The van der Waals surface area contributed by atoms with Gasteiger partial charge in [0.25, 0.3) is 0 Å². The Bertz CT molecular complexity index is 440. The molecule has 1 aromatic carbocycles. The quantitative estimate of drug-likeness (QED) is 0.847.